The summed E-state index contributed by atoms with van der Waals surface area (Å²) in [7, 11) is 0. The zero-order valence-electron chi connectivity index (χ0n) is 5.99. The van der Waals surface area contributed by atoms with Crippen LogP contribution in [0.2, 0.25) is 0 Å². The third kappa shape index (κ3) is 23.9. The minimum atomic E-state index is 0.171. The van der Waals surface area contributed by atoms with Crippen molar-refractivity contribution in [1.29, 1.82) is 0 Å². The molecule has 0 saturated heterocycles. The van der Waals surface area contributed by atoms with Crippen LogP contribution in [0.1, 0.15) is 13.8 Å². The van der Waals surface area contributed by atoms with Crippen molar-refractivity contribution in [3.8, 4) is 0 Å². The fraction of sp³-hybridized carbons (Fsp3) is 0.667. The van der Waals surface area contributed by atoms with E-state index in [1.807, 2.05) is 0 Å². The maximum Gasteiger partial charge on any atom is 0.140 e. The first-order valence-electron chi connectivity index (χ1n) is 2.65. The first-order valence-corrected chi connectivity index (χ1v) is 4.89. The molecule has 0 heterocycles. The Kier molecular flexibility index (Phi) is 12.0. The number of halogens is 2. The standard InChI is InChI=1S/2C3H5BrO/c2*1-3(5)2-4/h2*2H2,1H3. The van der Waals surface area contributed by atoms with Crippen LogP contribution >= 0.6 is 31.9 Å². The molecule has 0 aromatic rings. The molecular formula is C6H10Br2O2. The molecule has 0 spiro atoms. The lowest BCUT2D eigenvalue weighted by Crippen LogP contribution is -1.85. The molecule has 60 valence electrons. The van der Waals surface area contributed by atoms with Gasteiger partial charge in [-0.15, -0.1) is 0 Å². The van der Waals surface area contributed by atoms with Gasteiger partial charge in [-0.2, -0.15) is 0 Å². The summed E-state index contributed by atoms with van der Waals surface area (Å²) in [6, 6.07) is 0. The molecule has 0 fully saturated rings. The van der Waals surface area contributed by atoms with Crippen LogP contribution in [0.25, 0.3) is 0 Å². The van der Waals surface area contributed by atoms with Gasteiger partial charge in [-0.25, -0.2) is 0 Å². The lowest BCUT2D eigenvalue weighted by atomic mass is 10.5. The van der Waals surface area contributed by atoms with E-state index in [1.54, 1.807) is 0 Å². The van der Waals surface area contributed by atoms with Crippen molar-refractivity contribution >= 4 is 43.4 Å². The van der Waals surface area contributed by atoms with Gasteiger partial charge in [-0.3, -0.25) is 9.59 Å². The third-order valence-corrected chi connectivity index (χ3v) is 1.96. The largest absolute Gasteiger partial charge is 0.299 e. The Morgan fingerprint density at radius 1 is 1.00 bits per heavy atom. The van der Waals surface area contributed by atoms with Crippen molar-refractivity contribution in [1.82, 2.24) is 0 Å². The van der Waals surface area contributed by atoms with Gasteiger partial charge >= 0.3 is 0 Å². The molecule has 0 aromatic carbocycles. The van der Waals surface area contributed by atoms with Crippen LogP contribution in [0, 0.1) is 0 Å². The second kappa shape index (κ2) is 9.30. The summed E-state index contributed by atoms with van der Waals surface area (Å²) >= 11 is 5.93. The van der Waals surface area contributed by atoms with Crippen LogP contribution in [0.4, 0.5) is 0 Å². The molecule has 0 radical (unpaired) electrons. The summed E-state index contributed by atoms with van der Waals surface area (Å²) in [5.74, 6) is 0.343. The Morgan fingerprint density at radius 2 is 1.10 bits per heavy atom. The number of carbonyl (C=O) groups is 2. The van der Waals surface area contributed by atoms with Gasteiger partial charge < -0.3 is 0 Å². The van der Waals surface area contributed by atoms with Crippen molar-refractivity contribution in [2.24, 2.45) is 0 Å². The van der Waals surface area contributed by atoms with Gasteiger partial charge in [0, 0.05) is 0 Å². The van der Waals surface area contributed by atoms with Crippen LogP contribution in [0.3, 0.4) is 0 Å². The Hall–Kier alpha value is 0.300. The predicted octanol–water partition coefficient (Wildman–Crippen LogP) is 1.94. The van der Waals surface area contributed by atoms with Crippen LogP contribution in [-0.4, -0.2) is 22.2 Å². The summed E-state index contributed by atoms with van der Waals surface area (Å²) < 4.78 is 0. The highest BCUT2D eigenvalue weighted by molar-refractivity contribution is 9.09. The number of hydrogen-bond donors (Lipinski definition) is 0. The zero-order chi connectivity index (χ0) is 8.57. The summed E-state index contributed by atoms with van der Waals surface area (Å²) in [5, 5.41) is 0.958. The fourth-order valence-electron chi connectivity index (χ4n) is 0. The summed E-state index contributed by atoms with van der Waals surface area (Å²) in [6.45, 7) is 3.07. The first kappa shape index (κ1) is 12.9. The molecule has 0 aliphatic heterocycles. The van der Waals surface area contributed by atoms with Gasteiger partial charge in [0.2, 0.25) is 0 Å². The number of ketones is 2. The van der Waals surface area contributed by atoms with Gasteiger partial charge in [-0.05, 0) is 13.8 Å². The molecule has 2 nitrogen and oxygen atoms in total. The summed E-state index contributed by atoms with van der Waals surface area (Å²) in [4.78, 5) is 19.5. The molecular weight excluding hydrogens is 264 g/mol. The van der Waals surface area contributed by atoms with Crippen LogP contribution in [-0.2, 0) is 9.59 Å². The highest BCUT2D eigenvalue weighted by Crippen LogP contribution is 1.76. The Bertz CT molecular complexity index is 98.3. The van der Waals surface area contributed by atoms with Crippen molar-refractivity contribution in [3.05, 3.63) is 0 Å². The fourth-order valence-corrected chi connectivity index (χ4v) is 0. The van der Waals surface area contributed by atoms with Crippen LogP contribution < -0.4 is 0 Å². The molecule has 0 aliphatic rings. The van der Waals surface area contributed by atoms with E-state index in [4.69, 9.17) is 0 Å². The monoisotopic (exact) mass is 272 g/mol. The average molecular weight is 274 g/mol. The second-order valence-corrected chi connectivity index (χ2v) is 2.79. The number of rotatable bonds is 2. The van der Waals surface area contributed by atoms with E-state index in [1.165, 1.54) is 13.8 Å². The maximum absolute atomic E-state index is 9.77. The molecule has 0 N–H and O–H groups in total. The quantitative estimate of drug-likeness (QED) is 0.721. The average Bonchev–Trinajstić information content (AvgIpc) is 1.89. The van der Waals surface area contributed by atoms with Gasteiger partial charge in [0.05, 0.1) is 10.7 Å². The van der Waals surface area contributed by atoms with Gasteiger partial charge in [-0.1, -0.05) is 31.9 Å². The van der Waals surface area contributed by atoms with Crippen molar-refractivity contribution in [3.63, 3.8) is 0 Å². The summed E-state index contributed by atoms with van der Waals surface area (Å²) in [5.41, 5.74) is 0. The minimum absolute atomic E-state index is 0.171. The van der Waals surface area contributed by atoms with E-state index >= 15 is 0 Å². The lowest BCUT2D eigenvalue weighted by molar-refractivity contribution is -0.115. The molecule has 0 rings (SSSR count). The van der Waals surface area contributed by atoms with E-state index < -0.39 is 0 Å². The number of carbonyl (C=O) groups excluding carboxylic acids is 2. The molecule has 0 atom stereocenters. The number of hydrogen-bond acceptors (Lipinski definition) is 2. The summed E-state index contributed by atoms with van der Waals surface area (Å²) in [6.07, 6.45) is 0. The van der Waals surface area contributed by atoms with Crippen molar-refractivity contribution in [2.75, 3.05) is 10.7 Å². The Labute approximate surface area is 77.6 Å². The lowest BCUT2D eigenvalue weighted by Gasteiger charge is -1.69. The number of Topliss-reactive ketones (excluding diaryl/α,β-unsaturated/α-hetero) is 2. The molecule has 0 amide bonds. The Morgan fingerprint density at radius 3 is 1.10 bits per heavy atom. The van der Waals surface area contributed by atoms with Crippen LogP contribution in [0.15, 0.2) is 0 Å². The molecule has 0 aliphatic carbocycles. The highest BCUT2D eigenvalue weighted by atomic mass is 79.9. The molecule has 0 bridgehead atoms. The van der Waals surface area contributed by atoms with E-state index in [9.17, 15) is 9.59 Å². The van der Waals surface area contributed by atoms with E-state index in [2.05, 4.69) is 31.9 Å². The SMILES string of the molecule is CC(=O)CBr.CC(=O)CBr. The Balaban J connectivity index is 0. The molecule has 0 saturated carbocycles. The smallest absolute Gasteiger partial charge is 0.140 e. The molecule has 0 unspecified atom stereocenters. The second-order valence-electron chi connectivity index (χ2n) is 1.67. The highest BCUT2D eigenvalue weighted by Gasteiger charge is 1.79. The zero-order valence-corrected chi connectivity index (χ0v) is 9.16. The van der Waals surface area contributed by atoms with E-state index in [-0.39, 0.29) is 11.6 Å². The minimum Gasteiger partial charge on any atom is -0.299 e. The molecule has 0 aromatic heterocycles. The number of alkyl halides is 2. The topological polar surface area (TPSA) is 34.1 Å². The van der Waals surface area contributed by atoms with Gasteiger partial charge in [0.25, 0.3) is 0 Å². The van der Waals surface area contributed by atoms with Crippen molar-refractivity contribution in [2.45, 2.75) is 13.8 Å². The van der Waals surface area contributed by atoms with E-state index in [0.29, 0.717) is 10.7 Å². The maximum atomic E-state index is 9.77. The molecule has 4 heteroatoms. The normalized spacial score (nSPS) is 7.60. The van der Waals surface area contributed by atoms with Gasteiger partial charge in [0.15, 0.2) is 0 Å². The van der Waals surface area contributed by atoms with E-state index in [0.717, 1.165) is 0 Å². The van der Waals surface area contributed by atoms with Crippen LogP contribution in [0.5, 0.6) is 0 Å². The predicted molar refractivity (Wildman–Crippen MR) is 49.0 cm³/mol. The van der Waals surface area contributed by atoms with Gasteiger partial charge in [0.1, 0.15) is 11.6 Å². The first-order chi connectivity index (χ1) is 4.54. The third-order valence-electron chi connectivity index (χ3n) is 0.376. The molecule has 10 heavy (non-hydrogen) atoms. The van der Waals surface area contributed by atoms with Crippen molar-refractivity contribution < 1.29 is 9.59 Å².